The number of hydrazine groups is 1. The number of nitrogens with one attached hydrogen (secondary N) is 1. The Morgan fingerprint density at radius 2 is 2.12 bits per heavy atom. The summed E-state index contributed by atoms with van der Waals surface area (Å²) >= 11 is 1.25. The fourth-order valence-corrected chi connectivity index (χ4v) is 2.88. The normalized spacial score (nSPS) is 12.5. The molecule has 2 heterocycles. The molecule has 0 aromatic carbocycles. The maximum atomic E-state index is 12.6. The number of hydrogen-bond acceptors (Lipinski definition) is 7. The summed E-state index contributed by atoms with van der Waals surface area (Å²) < 4.78 is 37.8. The molecule has 0 unspecified atom stereocenters. The van der Waals surface area contributed by atoms with Gasteiger partial charge in [0.2, 0.25) is 0 Å². The van der Waals surface area contributed by atoms with Crippen molar-refractivity contribution >= 4 is 17.0 Å². The van der Waals surface area contributed by atoms with Gasteiger partial charge in [-0.2, -0.15) is 18.4 Å². The van der Waals surface area contributed by atoms with Crippen molar-refractivity contribution in [3.8, 4) is 16.8 Å². The molecular weight excluding hydrogens is 341 g/mol. The van der Waals surface area contributed by atoms with Crippen LogP contribution in [0.2, 0.25) is 0 Å². The van der Waals surface area contributed by atoms with Crippen LogP contribution >= 0.6 is 11.3 Å². The number of aryl methyl sites for hydroxylation is 1. The molecule has 0 spiro atoms. The quantitative estimate of drug-likeness (QED) is 0.441. The lowest BCUT2D eigenvalue weighted by atomic mass is 10.2. The van der Waals surface area contributed by atoms with Crippen LogP contribution < -0.4 is 17.0 Å². The van der Waals surface area contributed by atoms with Crippen LogP contribution in [0.1, 0.15) is 23.1 Å². The summed E-state index contributed by atoms with van der Waals surface area (Å²) in [7, 11) is 0. The molecule has 2 aromatic rings. The van der Waals surface area contributed by atoms with Crippen LogP contribution in [0.3, 0.4) is 0 Å². The second-order valence-corrected chi connectivity index (χ2v) is 5.70. The second-order valence-electron chi connectivity index (χ2n) is 4.62. The highest BCUT2D eigenvalue weighted by Crippen LogP contribution is 2.33. The van der Waals surface area contributed by atoms with E-state index in [1.807, 2.05) is 13.0 Å². The maximum Gasteiger partial charge on any atom is 0.417 e. The second kappa shape index (κ2) is 6.86. The smallest absolute Gasteiger partial charge is 0.395 e. The minimum Gasteiger partial charge on any atom is -0.395 e. The Balaban J connectivity index is 2.47. The number of nitriles is 1. The van der Waals surface area contributed by atoms with Crippen molar-refractivity contribution < 1.29 is 13.2 Å². The van der Waals surface area contributed by atoms with E-state index in [1.165, 1.54) is 17.4 Å². The Bertz CT molecular complexity index is 801. The van der Waals surface area contributed by atoms with Crippen LogP contribution in [-0.4, -0.2) is 9.97 Å². The Labute approximate surface area is 139 Å². The molecule has 0 saturated carbocycles. The highest BCUT2D eigenvalue weighted by Gasteiger charge is 2.30. The van der Waals surface area contributed by atoms with Gasteiger partial charge in [0.1, 0.15) is 16.8 Å². The molecule has 5 N–H and O–H groups in total. The van der Waals surface area contributed by atoms with Gasteiger partial charge in [0.05, 0.1) is 17.0 Å². The van der Waals surface area contributed by atoms with Gasteiger partial charge in [-0.25, -0.2) is 10.8 Å². The molecule has 24 heavy (non-hydrogen) atoms. The van der Waals surface area contributed by atoms with Gasteiger partial charge in [0.15, 0.2) is 5.70 Å². The van der Waals surface area contributed by atoms with Gasteiger partial charge < -0.3 is 11.2 Å². The van der Waals surface area contributed by atoms with E-state index in [-0.39, 0.29) is 11.4 Å². The Hall–Kier alpha value is -2.64. The molecule has 0 atom stereocenters. The number of hydrogen-bond donors (Lipinski definition) is 3. The van der Waals surface area contributed by atoms with Gasteiger partial charge >= 0.3 is 6.18 Å². The van der Waals surface area contributed by atoms with Gasteiger partial charge in [0, 0.05) is 11.1 Å². The van der Waals surface area contributed by atoms with Gasteiger partial charge in [-0.15, -0.1) is 11.3 Å². The van der Waals surface area contributed by atoms with E-state index < -0.39 is 11.7 Å². The molecule has 0 aliphatic rings. The van der Waals surface area contributed by atoms with Gasteiger partial charge in [-0.05, 0) is 18.6 Å². The highest BCUT2D eigenvalue weighted by atomic mass is 32.1. The molecule has 6 nitrogen and oxygen atoms in total. The Kier molecular flexibility index (Phi) is 5.06. The molecule has 0 bridgehead atoms. The lowest BCUT2D eigenvalue weighted by Crippen LogP contribution is -2.23. The zero-order chi connectivity index (χ0) is 17.9. The summed E-state index contributed by atoms with van der Waals surface area (Å²) in [5.41, 5.74) is 7.95. The average Bonchev–Trinajstić information content (AvgIpc) is 2.99. The fraction of sp³-hybridized carbons (Fsp3) is 0.214. The lowest BCUT2D eigenvalue weighted by Gasteiger charge is -2.05. The zero-order valence-electron chi connectivity index (χ0n) is 12.5. The first kappa shape index (κ1) is 17.7. The summed E-state index contributed by atoms with van der Waals surface area (Å²) in [6.45, 7) is 1.87. The van der Waals surface area contributed by atoms with Crippen molar-refractivity contribution in [2.75, 3.05) is 0 Å². The molecule has 2 aromatic heterocycles. The summed E-state index contributed by atoms with van der Waals surface area (Å²) in [5, 5.41) is 9.39. The molecule has 0 fully saturated rings. The number of halogens is 3. The van der Waals surface area contributed by atoms with Crippen molar-refractivity contribution in [3.63, 3.8) is 0 Å². The standard InChI is InChI=1S/C14H13F3N6S/c1-2-10-12(11(19)9(5-18)23-20)22-13(24-10)8-4-3-7(6-21-8)14(15,16)17/h3-4,6,23H,2,19-20H2,1H3/b11-9-. The summed E-state index contributed by atoms with van der Waals surface area (Å²) in [5.74, 6) is 5.23. The van der Waals surface area contributed by atoms with E-state index in [9.17, 15) is 13.2 Å². The van der Waals surface area contributed by atoms with E-state index >= 15 is 0 Å². The molecule has 0 aliphatic carbocycles. The minimum absolute atomic E-state index is 0.0399. The van der Waals surface area contributed by atoms with E-state index in [1.54, 1.807) is 0 Å². The lowest BCUT2D eigenvalue weighted by molar-refractivity contribution is -0.137. The Morgan fingerprint density at radius 3 is 2.58 bits per heavy atom. The summed E-state index contributed by atoms with van der Waals surface area (Å²) in [6.07, 6.45) is -3.11. The first-order valence-corrected chi connectivity index (χ1v) is 7.53. The number of nitrogens with zero attached hydrogens (tertiary/aromatic N) is 3. The molecule has 0 saturated heterocycles. The Morgan fingerprint density at radius 1 is 1.42 bits per heavy atom. The minimum atomic E-state index is -4.45. The number of thiazole rings is 1. The molecule has 10 heteroatoms. The number of rotatable bonds is 4. The van der Waals surface area contributed by atoms with Crippen molar-refractivity contribution in [1.29, 1.82) is 5.26 Å². The van der Waals surface area contributed by atoms with Crippen LogP contribution in [0.5, 0.6) is 0 Å². The predicted octanol–water partition coefficient (Wildman–Crippen LogP) is 2.40. The predicted molar refractivity (Wildman–Crippen MR) is 83.8 cm³/mol. The number of allylic oxidation sites excluding steroid dienone is 1. The van der Waals surface area contributed by atoms with E-state index in [0.29, 0.717) is 22.8 Å². The first-order chi connectivity index (χ1) is 11.3. The van der Waals surface area contributed by atoms with Crippen LogP contribution in [0.4, 0.5) is 13.2 Å². The molecule has 0 aliphatic heterocycles. The third-order valence-corrected chi connectivity index (χ3v) is 4.33. The number of nitrogens with two attached hydrogens (primary N) is 2. The van der Waals surface area contributed by atoms with Crippen molar-refractivity contribution in [3.05, 3.63) is 40.2 Å². The van der Waals surface area contributed by atoms with Crippen LogP contribution in [-0.2, 0) is 12.6 Å². The number of alkyl halides is 3. The van der Waals surface area contributed by atoms with Crippen molar-refractivity contribution in [1.82, 2.24) is 15.4 Å². The number of aromatic nitrogens is 2. The fourth-order valence-electron chi connectivity index (χ4n) is 1.89. The van der Waals surface area contributed by atoms with Crippen molar-refractivity contribution in [2.45, 2.75) is 19.5 Å². The van der Waals surface area contributed by atoms with Gasteiger partial charge in [-0.3, -0.25) is 4.98 Å². The topological polar surface area (TPSA) is 114 Å². The molecule has 2 rings (SSSR count). The monoisotopic (exact) mass is 354 g/mol. The highest BCUT2D eigenvalue weighted by molar-refractivity contribution is 7.15. The van der Waals surface area contributed by atoms with E-state index in [0.717, 1.165) is 17.1 Å². The molecule has 0 amide bonds. The average molecular weight is 354 g/mol. The van der Waals surface area contributed by atoms with Crippen LogP contribution in [0, 0.1) is 11.3 Å². The summed E-state index contributed by atoms with van der Waals surface area (Å²) in [6, 6.07) is 4.00. The molecular formula is C14H13F3N6S. The van der Waals surface area contributed by atoms with Gasteiger partial charge in [0.25, 0.3) is 0 Å². The third kappa shape index (κ3) is 3.47. The number of pyridine rings is 1. The molecule has 0 radical (unpaired) electrons. The van der Waals surface area contributed by atoms with Crippen molar-refractivity contribution in [2.24, 2.45) is 11.6 Å². The first-order valence-electron chi connectivity index (χ1n) is 6.72. The van der Waals surface area contributed by atoms with Gasteiger partial charge in [-0.1, -0.05) is 6.92 Å². The van der Waals surface area contributed by atoms with Crippen LogP contribution in [0.15, 0.2) is 24.0 Å². The third-order valence-electron chi connectivity index (χ3n) is 3.11. The largest absolute Gasteiger partial charge is 0.417 e. The SMILES string of the molecule is CCc1sc(-c2ccc(C(F)(F)F)cn2)nc1/C(N)=C(\C#N)NN. The maximum absolute atomic E-state index is 12.6. The molecule has 126 valence electrons. The zero-order valence-corrected chi connectivity index (χ0v) is 13.3. The van der Waals surface area contributed by atoms with E-state index in [4.69, 9.17) is 16.8 Å². The van der Waals surface area contributed by atoms with Crippen LogP contribution in [0.25, 0.3) is 16.4 Å². The summed E-state index contributed by atoms with van der Waals surface area (Å²) in [4.78, 5) is 8.89. The van der Waals surface area contributed by atoms with E-state index in [2.05, 4.69) is 15.4 Å².